The Morgan fingerprint density at radius 1 is 2.00 bits per heavy atom. The third kappa shape index (κ3) is 3.45. The van der Waals surface area contributed by atoms with Crippen molar-refractivity contribution in [3.8, 4) is 0 Å². The Morgan fingerprint density at radius 3 is 2.60 bits per heavy atom. The lowest BCUT2D eigenvalue weighted by molar-refractivity contribution is 0.232. The molecule has 28 valence electrons. The lowest BCUT2D eigenvalue weighted by Crippen LogP contribution is -1.73. The van der Waals surface area contributed by atoms with Crippen molar-refractivity contribution < 1.29 is 4.74 Å². The average molecular weight is 71.1 g/mol. The topological polar surface area (TPSA) is 13.6 Å². The van der Waals surface area contributed by atoms with Gasteiger partial charge in [-0.3, -0.25) is 4.85 Å². The van der Waals surface area contributed by atoms with Gasteiger partial charge in [0, 0.05) is 7.11 Å². The van der Waals surface area contributed by atoms with Crippen molar-refractivity contribution >= 4 is 0 Å². The Bertz CT molecular complexity index is 45.3. The molecule has 0 fully saturated rings. The van der Waals surface area contributed by atoms with Crippen LogP contribution in [0.25, 0.3) is 4.85 Å². The second-order valence-corrected chi connectivity index (χ2v) is 0.576. The zero-order valence-electron chi connectivity index (χ0n) is 3.06. The van der Waals surface area contributed by atoms with Crippen LogP contribution in [0.5, 0.6) is 0 Å². The van der Waals surface area contributed by atoms with E-state index < -0.39 is 0 Å². The molecule has 0 rings (SSSR count). The summed E-state index contributed by atoms with van der Waals surface area (Å²) in [6.07, 6.45) is 0. The minimum Gasteiger partial charge on any atom is -0.316 e. The SMILES string of the molecule is [C-]#[N+]COC. The van der Waals surface area contributed by atoms with Gasteiger partial charge in [0.05, 0.1) is 0 Å². The molecule has 0 aromatic heterocycles. The molecule has 0 heterocycles. The molecule has 0 aliphatic heterocycles. The van der Waals surface area contributed by atoms with Gasteiger partial charge in [0.1, 0.15) is 0 Å². The third-order valence-corrected chi connectivity index (χ3v) is 0.194. The van der Waals surface area contributed by atoms with E-state index in [2.05, 4.69) is 9.58 Å². The Hall–Kier alpha value is -0.550. The molecular formula is C3H5NO. The highest BCUT2D eigenvalue weighted by Gasteiger charge is 1.64. The van der Waals surface area contributed by atoms with Crippen LogP contribution in [0.15, 0.2) is 0 Å². The monoisotopic (exact) mass is 71.0 g/mol. The fourth-order valence-corrected chi connectivity index (χ4v) is 0.0645. The predicted octanol–water partition coefficient (Wildman–Crippen LogP) is 0.510. The van der Waals surface area contributed by atoms with E-state index in [-0.39, 0.29) is 6.73 Å². The van der Waals surface area contributed by atoms with Crippen LogP contribution in [-0.2, 0) is 4.74 Å². The fraction of sp³-hybridized carbons (Fsp3) is 0.667. The zero-order chi connectivity index (χ0) is 4.12. The third-order valence-electron chi connectivity index (χ3n) is 0.194. The van der Waals surface area contributed by atoms with E-state index in [0.717, 1.165) is 0 Å². The van der Waals surface area contributed by atoms with Crippen LogP contribution in [0.1, 0.15) is 0 Å². The van der Waals surface area contributed by atoms with E-state index in [0.29, 0.717) is 0 Å². The summed E-state index contributed by atoms with van der Waals surface area (Å²) in [6.45, 7) is 6.28. The van der Waals surface area contributed by atoms with Gasteiger partial charge in [-0.2, -0.15) is 0 Å². The molecule has 0 N–H and O–H groups in total. The minimum absolute atomic E-state index is 0.181. The number of ether oxygens (including phenoxy) is 1. The normalized spacial score (nSPS) is 6.40. The molecular weight excluding hydrogens is 66.0 g/mol. The van der Waals surface area contributed by atoms with Crippen molar-refractivity contribution in [2.24, 2.45) is 0 Å². The summed E-state index contributed by atoms with van der Waals surface area (Å²) in [5, 5.41) is 0. The quantitative estimate of drug-likeness (QED) is 0.411. The first-order valence-electron chi connectivity index (χ1n) is 1.24. The Labute approximate surface area is 31.2 Å². The van der Waals surface area contributed by atoms with Gasteiger partial charge in [-0.05, 0) is 0 Å². The summed E-state index contributed by atoms with van der Waals surface area (Å²) in [4.78, 5) is 2.88. The predicted molar refractivity (Wildman–Crippen MR) is 18.5 cm³/mol. The van der Waals surface area contributed by atoms with Crippen LogP contribution >= 0.6 is 0 Å². The van der Waals surface area contributed by atoms with Crippen LogP contribution in [0.4, 0.5) is 0 Å². The van der Waals surface area contributed by atoms with Crippen molar-refractivity contribution in [1.29, 1.82) is 0 Å². The van der Waals surface area contributed by atoms with E-state index in [9.17, 15) is 0 Å². The van der Waals surface area contributed by atoms with E-state index >= 15 is 0 Å². The highest BCUT2D eigenvalue weighted by atomic mass is 16.5. The van der Waals surface area contributed by atoms with Crippen molar-refractivity contribution in [2.45, 2.75) is 0 Å². The number of rotatable bonds is 1. The zero-order valence-corrected chi connectivity index (χ0v) is 3.06. The van der Waals surface area contributed by atoms with Gasteiger partial charge in [-0.1, -0.05) is 0 Å². The first-order chi connectivity index (χ1) is 2.41. The highest BCUT2D eigenvalue weighted by Crippen LogP contribution is 1.61. The van der Waals surface area contributed by atoms with Crippen molar-refractivity contribution in [1.82, 2.24) is 0 Å². The van der Waals surface area contributed by atoms with E-state index in [4.69, 9.17) is 6.57 Å². The summed E-state index contributed by atoms with van der Waals surface area (Å²) in [6, 6.07) is 0. The molecule has 0 saturated carbocycles. The van der Waals surface area contributed by atoms with Gasteiger partial charge < -0.3 is 4.74 Å². The maximum Gasteiger partial charge on any atom is 0.318 e. The molecule has 5 heavy (non-hydrogen) atoms. The summed E-state index contributed by atoms with van der Waals surface area (Å²) in [5.74, 6) is 0. The van der Waals surface area contributed by atoms with Gasteiger partial charge in [0.2, 0.25) is 0 Å². The fourth-order valence-electron chi connectivity index (χ4n) is 0.0645. The van der Waals surface area contributed by atoms with Gasteiger partial charge in [0.25, 0.3) is 0 Å². The molecule has 0 unspecified atom stereocenters. The Balaban J connectivity index is 2.48. The van der Waals surface area contributed by atoms with Crippen molar-refractivity contribution in [3.63, 3.8) is 0 Å². The molecule has 0 aromatic carbocycles. The van der Waals surface area contributed by atoms with E-state index in [1.165, 1.54) is 7.11 Å². The summed E-state index contributed by atoms with van der Waals surface area (Å²) in [5.41, 5.74) is 0. The average Bonchev–Trinajstić information content (AvgIpc) is 1.41. The Morgan fingerprint density at radius 2 is 2.60 bits per heavy atom. The first-order valence-corrected chi connectivity index (χ1v) is 1.24. The highest BCUT2D eigenvalue weighted by molar-refractivity contribution is 4.42. The summed E-state index contributed by atoms with van der Waals surface area (Å²) >= 11 is 0. The standard InChI is InChI=1S/C3H5NO/c1-4-3-5-2/h3H2,2H3. The summed E-state index contributed by atoms with van der Waals surface area (Å²) < 4.78 is 4.34. The minimum atomic E-state index is 0.181. The van der Waals surface area contributed by atoms with Crippen molar-refractivity contribution in [3.05, 3.63) is 11.4 Å². The van der Waals surface area contributed by atoms with E-state index in [1.54, 1.807) is 0 Å². The lowest BCUT2D eigenvalue weighted by Gasteiger charge is -1.71. The smallest absolute Gasteiger partial charge is 0.316 e. The summed E-state index contributed by atoms with van der Waals surface area (Å²) in [7, 11) is 1.50. The molecule has 0 aromatic rings. The van der Waals surface area contributed by atoms with Crippen molar-refractivity contribution in [2.75, 3.05) is 13.8 Å². The maximum atomic E-state index is 6.10. The Kier molecular flexibility index (Phi) is 3.07. The molecule has 0 radical (unpaired) electrons. The second-order valence-electron chi connectivity index (χ2n) is 0.576. The van der Waals surface area contributed by atoms with Gasteiger partial charge in [0.15, 0.2) is 0 Å². The number of nitrogens with zero attached hydrogens (tertiary/aromatic N) is 1. The first kappa shape index (κ1) is 4.45. The van der Waals surface area contributed by atoms with Crippen LogP contribution in [0, 0.1) is 6.57 Å². The molecule has 0 amide bonds. The number of hydrogen-bond donors (Lipinski definition) is 0. The second kappa shape index (κ2) is 3.45. The van der Waals surface area contributed by atoms with Gasteiger partial charge in [-0.25, -0.2) is 6.57 Å². The number of methoxy groups -OCH3 is 1. The molecule has 0 aliphatic rings. The van der Waals surface area contributed by atoms with Gasteiger partial charge >= 0.3 is 6.73 Å². The number of hydrogen-bond acceptors (Lipinski definition) is 1. The van der Waals surface area contributed by atoms with Crippen LogP contribution in [-0.4, -0.2) is 13.8 Å². The lowest BCUT2D eigenvalue weighted by atomic mass is 11.3. The van der Waals surface area contributed by atoms with Crippen LogP contribution < -0.4 is 0 Å². The maximum absolute atomic E-state index is 6.10. The van der Waals surface area contributed by atoms with E-state index in [1.807, 2.05) is 0 Å². The molecule has 0 saturated heterocycles. The van der Waals surface area contributed by atoms with Gasteiger partial charge in [-0.15, -0.1) is 0 Å². The van der Waals surface area contributed by atoms with Crippen LogP contribution in [0.3, 0.4) is 0 Å². The molecule has 0 bridgehead atoms. The molecule has 0 aliphatic carbocycles. The largest absolute Gasteiger partial charge is 0.318 e. The molecule has 2 nitrogen and oxygen atoms in total. The van der Waals surface area contributed by atoms with Crippen LogP contribution in [0.2, 0.25) is 0 Å². The molecule has 0 atom stereocenters. The molecule has 0 spiro atoms. The molecule has 2 heteroatoms.